The van der Waals surface area contributed by atoms with Gasteiger partial charge in [-0.3, -0.25) is 14.8 Å². The molecule has 0 aliphatic carbocycles. The molecule has 0 radical (unpaired) electrons. The van der Waals surface area contributed by atoms with Gasteiger partial charge >= 0.3 is 0 Å². The first kappa shape index (κ1) is 26.3. The van der Waals surface area contributed by atoms with E-state index in [0.29, 0.717) is 33.6 Å². The smallest absolute Gasteiger partial charge is 0.263 e. The highest BCUT2D eigenvalue weighted by Gasteiger charge is 2.18. The van der Waals surface area contributed by atoms with Crippen LogP contribution in [0.4, 0.5) is 15.9 Å². The monoisotopic (exact) mass is 507 g/mol. The molecule has 0 saturated heterocycles. The second-order valence-electron chi connectivity index (χ2n) is 9.03. The molecule has 38 heavy (non-hydrogen) atoms. The van der Waals surface area contributed by atoms with Crippen LogP contribution in [0.1, 0.15) is 36.2 Å². The Labute approximate surface area is 221 Å². The summed E-state index contributed by atoms with van der Waals surface area (Å²) in [6.07, 6.45) is 7.18. The number of aromatic nitrogens is 2. The lowest BCUT2D eigenvalue weighted by Gasteiger charge is -2.20. The average molecular weight is 508 g/mol. The summed E-state index contributed by atoms with van der Waals surface area (Å²) in [5.74, 6) is -0.300. The molecule has 0 atom stereocenters. The minimum atomic E-state index is -0.445. The molecule has 0 fully saturated rings. The maximum absolute atomic E-state index is 13.9. The summed E-state index contributed by atoms with van der Waals surface area (Å²) < 4.78 is 15.5. The predicted molar refractivity (Wildman–Crippen MR) is 155 cm³/mol. The number of pyridine rings is 2. The molecule has 6 nitrogen and oxygen atoms in total. The number of nitrogens with zero attached hydrogens (tertiary/aromatic N) is 2. The van der Waals surface area contributed by atoms with Crippen LogP contribution in [0.25, 0.3) is 16.5 Å². The normalized spacial score (nSPS) is 11.7. The van der Waals surface area contributed by atoms with Crippen molar-refractivity contribution < 1.29 is 4.39 Å². The molecule has 0 amide bonds. The SMILES string of the molecule is C=C(C)/C(=C\C=C/C)n1c(CNc2ccnc(N)c2C(=N)c2cccc(F)c2)cc2cccc(C)c2c1=O. The van der Waals surface area contributed by atoms with E-state index in [0.717, 1.165) is 16.5 Å². The van der Waals surface area contributed by atoms with E-state index in [9.17, 15) is 9.18 Å². The van der Waals surface area contributed by atoms with E-state index in [2.05, 4.69) is 16.9 Å². The topological polar surface area (TPSA) is 96.8 Å². The van der Waals surface area contributed by atoms with Crippen molar-refractivity contribution >= 4 is 33.7 Å². The van der Waals surface area contributed by atoms with Gasteiger partial charge in [0.05, 0.1) is 28.9 Å². The van der Waals surface area contributed by atoms with Crippen molar-refractivity contribution in [3.8, 4) is 0 Å². The fourth-order valence-electron chi connectivity index (χ4n) is 4.44. The Bertz CT molecular complexity index is 1680. The molecule has 0 saturated carbocycles. The van der Waals surface area contributed by atoms with E-state index in [1.165, 1.54) is 12.1 Å². The van der Waals surface area contributed by atoms with Crippen LogP contribution in [0.3, 0.4) is 0 Å². The number of anilines is 2. The fraction of sp³-hybridized carbons (Fsp3) is 0.129. The van der Waals surface area contributed by atoms with Crippen LogP contribution < -0.4 is 16.6 Å². The number of nitrogen functional groups attached to an aromatic ring is 1. The maximum Gasteiger partial charge on any atom is 0.263 e. The van der Waals surface area contributed by atoms with Gasteiger partial charge in [0.1, 0.15) is 11.6 Å². The van der Waals surface area contributed by atoms with E-state index >= 15 is 0 Å². The number of aryl methyl sites for hydroxylation is 1. The van der Waals surface area contributed by atoms with Crippen LogP contribution in [0.2, 0.25) is 0 Å². The van der Waals surface area contributed by atoms with Crippen molar-refractivity contribution in [3.63, 3.8) is 0 Å². The van der Waals surface area contributed by atoms with Gasteiger partial charge < -0.3 is 11.1 Å². The number of fused-ring (bicyclic) bond motifs is 1. The van der Waals surface area contributed by atoms with Crippen LogP contribution >= 0.6 is 0 Å². The number of hydrogen-bond donors (Lipinski definition) is 3. The van der Waals surface area contributed by atoms with Crippen LogP contribution in [0.5, 0.6) is 0 Å². The van der Waals surface area contributed by atoms with Gasteiger partial charge in [0.25, 0.3) is 5.56 Å². The second-order valence-corrected chi connectivity index (χ2v) is 9.03. The molecule has 2 heterocycles. The fourth-order valence-corrected chi connectivity index (χ4v) is 4.44. The number of hydrogen-bond acceptors (Lipinski definition) is 5. The first-order chi connectivity index (χ1) is 18.2. The van der Waals surface area contributed by atoms with E-state index in [1.807, 2.05) is 63.3 Å². The molecule has 0 aliphatic rings. The van der Waals surface area contributed by atoms with Crippen LogP contribution in [0.15, 0.2) is 96.0 Å². The molecule has 0 spiro atoms. The summed E-state index contributed by atoms with van der Waals surface area (Å²) >= 11 is 0. The molecular formula is C31H30FN5O. The van der Waals surface area contributed by atoms with Crippen LogP contribution in [-0.4, -0.2) is 15.3 Å². The van der Waals surface area contributed by atoms with Gasteiger partial charge in [0, 0.05) is 23.1 Å². The van der Waals surface area contributed by atoms with Gasteiger partial charge in [-0.25, -0.2) is 9.37 Å². The number of nitrogens with one attached hydrogen (secondary N) is 2. The highest BCUT2D eigenvalue weighted by Crippen LogP contribution is 2.26. The minimum absolute atomic E-state index is 0.0414. The van der Waals surface area contributed by atoms with Crippen LogP contribution in [-0.2, 0) is 6.54 Å². The van der Waals surface area contributed by atoms with Crippen molar-refractivity contribution in [1.29, 1.82) is 5.41 Å². The molecule has 7 heteroatoms. The Kier molecular flexibility index (Phi) is 7.67. The zero-order valence-electron chi connectivity index (χ0n) is 21.7. The second kappa shape index (κ2) is 11.1. The standard InChI is InChI=1S/C31H30FN5O/c1-5-6-13-26(19(2)3)37-24(17-21-10-7-9-20(4)27(21)31(37)38)18-36-25-14-15-35-30(34)28(25)29(33)22-11-8-12-23(32)16-22/h5-17,33H,2,18H2,1,3-4H3,(H3,34,35,36)/b6-5-,26-13+,33-29?. The molecule has 4 N–H and O–H groups in total. The summed E-state index contributed by atoms with van der Waals surface area (Å²) in [5.41, 5.74) is 10.4. The Balaban J connectivity index is 1.85. The molecule has 0 bridgehead atoms. The quantitative estimate of drug-likeness (QED) is 0.189. The average Bonchev–Trinajstić information content (AvgIpc) is 2.88. The van der Waals surface area contributed by atoms with Gasteiger partial charge in [-0.15, -0.1) is 0 Å². The largest absolute Gasteiger partial charge is 0.383 e. The molecule has 2 aromatic heterocycles. The molecule has 192 valence electrons. The summed E-state index contributed by atoms with van der Waals surface area (Å²) in [4.78, 5) is 18.0. The Morgan fingerprint density at radius 2 is 1.97 bits per heavy atom. The number of rotatable bonds is 8. The van der Waals surface area contributed by atoms with Gasteiger partial charge in [-0.2, -0.15) is 0 Å². The maximum atomic E-state index is 13.9. The molecule has 4 rings (SSSR count). The van der Waals surface area contributed by atoms with E-state index < -0.39 is 5.82 Å². The minimum Gasteiger partial charge on any atom is -0.383 e. The number of allylic oxidation sites excluding steroid dienone is 5. The Morgan fingerprint density at radius 3 is 2.68 bits per heavy atom. The summed E-state index contributed by atoms with van der Waals surface area (Å²) in [6.45, 7) is 10.0. The summed E-state index contributed by atoms with van der Waals surface area (Å²) in [6, 6.07) is 15.3. The highest BCUT2D eigenvalue weighted by atomic mass is 19.1. The zero-order chi connectivity index (χ0) is 27.4. The first-order valence-electron chi connectivity index (χ1n) is 12.2. The number of benzene rings is 2. The Hall–Kier alpha value is -4.78. The van der Waals surface area contributed by atoms with E-state index in [-0.39, 0.29) is 23.6 Å². The summed E-state index contributed by atoms with van der Waals surface area (Å²) in [7, 11) is 0. The van der Waals surface area contributed by atoms with Gasteiger partial charge in [-0.05, 0) is 67.6 Å². The number of halogens is 1. The van der Waals surface area contributed by atoms with Crippen molar-refractivity contribution in [1.82, 2.24) is 9.55 Å². The van der Waals surface area contributed by atoms with Crippen molar-refractivity contribution in [2.24, 2.45) is 0 Å². The number of nitrogens with two attached hydrogens (primary N) is 1. The zero-order valence-corrected chi connectivity index (χ0v) is 21.7. The third-order valence-corrected chi connectivity index (χ3v) is 6.26. The molecule has 4 aromatic rings. The first-order valence-corrected chi connectivity index (χ1v) is 12.2. The lowest BCUT2D eigenvalue weighted by molar-refractivity contribution is 0.627. The van der Waals surface area contributed by atoms with E-state index in [4.69, 9.17) is 11.1 Å². The van der Waals surface area contributed by atoms with Gasteiger partial charge in [0.2, 0.25) is 0 Å². The Morgan fingerprint density at radius 1 is 1.21 bits per heavy atom. The lowest BCUT2D eigenvalue weighted by atomic mass is 10.0. The molecule has 0 unspecified atom stereocenters. The molecular weight excluding hydrogens is 477 g/mol. The van der Waals surface area contributed by atoms with Crippen molar-refractivity contribution in [3.05, 3.63) is 130 Å². The third-order valence-electron chi connectivity index (χ3n) is 6.26. The molecule has 2 aromatic carbocycles. The van der Waals surface area contributed by atoms with Crippen molar-refractivity contribution in [2.75, 3.05) is 11.1 Å². The van der Waals surface area contributed by atoms with Crippen molar-refractivity contribution in [2.45, 2.75) is 27.3 Å². The lowest BCUT2D eigenvalue weighted by Crippen LogP contribution is -2.25. The van der Waals surface area contributed by atoms with Gasteiger partial charge in [-0.1, -0.05) is 49.1 Å². The predicted octanol–water partition coefficient (Wildman–Crippen LogP) is 6.45. The van der Waals surface area contributed by atoms with E-state index in [1.54, 1.807) is 29.0 Å². The third kappa shape index (κ3) is 5.18. The summed E-state index contributed by atoms with van der Waals surface area (Å²) in [5, 5.41) is 13.5. The van der Waals surface area contributed by atoms with Gasteiger partial charge in [0.15, 0.2) is 0 Å². The highest BCUT2D eigenvalue weighted by molar-refractivity contribution is 6.16. The van der Waals surface area contributed by atoms with Crippen LogP contribution in [0, 0.1) is 18.2 Å². The molecule has 0 aliphatic heterocycles.